The zero-order valence-electron chi connectivity index (χ0n) is 74.7. The molecule has 0 unspecified atom stereocenters. The van der Waals surface area contributed by atoms with Crippen molar-refractivity contribution < 1.29 is 0 Å². The van der Waals surface area contributed by atoms with Crippen molar-refractivity contribution in [2.75, 3.05) is 59.7 Å². The van der Waals surface area contributed by atoms with Crippen molar-refractivity contribution >= 4 is 154 Å². The second kappa shape index (κ2) is 31.3. The van der Waals surface area contributed by atoms with Crippen LogP contribution >= 0.6 is 0 Å². The van der Waals surface area contributed by atoms with Crippen molar-refractivity contribution in [1.82, 2.24) is 0 Å². The fourth-order valence-electron chi connectivity index (χ4n) is 22.4. The van der Waals surface area contributed by atoms with Gasteiger partial charge in [-0.2, -0.15) is 0 Å². The minimum absolute atomic E-state index is 0.0274. The Balaban J connectivity index is 0.0000000927. The van der Waals surface area contributed by atoms with Gasteiger partial charge in [0.1, 0.15) is 0 Å². The molecule has 0 saturated heterocycles. The summed E-state index contributed by atoms with van der Waals surface area (Å²) in [5.41, 5.74) is 34.0. The lowest BCUT2D eigenvalue weighted by atomic mass is 9.71. The summed E-state index contributed by atoms with van der Waals surface area (Å²) in [6, 6.07) is 154. The molecule has 0 N–H and O–H groups in total. The minimum Gasteiger partial charge on any atom is -0.344 e. The number of hydrogen-bond acceptors (Lipinski definition) is 5. The van der Waals surface area contributed by atoms with Crippen LogP contribution in [0.4, 0.5) is 56.9 Å². The summed E-state index contributed by atoms with van der Waals surface area (Å²) in [5.74, 6) is 0. The molecule has 0 spiro atoms. The van der Waals surface area contributed by atoms with E-state index in [1.54, 1.807) is 0 Å². The molecule has 0 atom stereocenters. The molecule has 0 fully saturated rings. The van der Waals surface area contributed by atoms with E-state index in [2.05, 4.69) is 512 Å². The first-order chi connectivity index (χ1) is 63.7. The van der Waals surface area contributed by atoms with E-state index < -0.39 is 0 Å². The molecule has 622 valence electrons. The van der Waals surface area contributed by atoms with Gasteiger partial charge in [0.25, 0.3) is 0 Å². The van der Waals surface area contributed by atoms with E-state index in [-0.39, 0.29) is 10.8 Å². The zero-order valence-corrected chi connectivity index (χ0v) is 74.7. The molecule has 0 bridgehead atoms. The Morgan fingerprint density at radius 3 is 1.00 bits per heavy atom. The Kier molecular flexibility index (Phi) is 19.0. The summed E-state index contributed by atoms with van der Waals surface area (Å²) in [6.45, 7) is 9.43. The molecule has 22 aromatic rings. The third-order valence-electron chi connectivity index (χ3n) is 28.6. The van der Waals surface area contributed by atoms with Crippen LogP contribution in [0.3, 0.4) is 0 Å². The number of anilines is 10. The van der Waals surface area contributed by atoms with E-state index in [9.17, 15) is 0 Å². The average molecular weight is 1670 g/mol. The van der Waals surface area contributed by atoms with E-state index >= 15 is 0 Å². The van der Waals surface area contributed by atoms with Crippen LogP contribution in [0, 0.1) is 0 Å². The van der Waals surface area contributed by atoms with Gasteiger partial charge in [0.2, 0.25) is 0 Å². The Hall–Kier alpha value is -15.8. The molecule has 5 aliphatic rings. The standard InChI is InChI=1S/2C27H19N.2C24H21N.C23H17N/c1-28-24-16-14-18-8-2-4-10-20(18)26(24)22-12-6-7-13-23(22)27-21-11-5-3-9-19(21)15-17-25(27)28;1-28-26-17-20-10-3-2-9-19(20)16-25(26)23-13-7-6-12-22(23)24-15-14-18-8-4-5-11-21(18)27(24)28;1-24(2)20-14-8-9-15-21(20)25(3)23-19-13-7-5-11-17(19)16-10-4-6-12-18(16)22(23)24;1-24(2)20-10-6-7-11-21(20)25(3)22-13-12-18-14-16-8-4-5-9-17(16)15-19(18)23(22)24;1-24-21-13-7-6-11-19(21)18-10-4-5-12-20(18)23-17-9-3-2-8-16(17)14-15-22(23)24/h2*2-17H,1H3;2*4-15H,1-3H3;2-15H,1H3. The molecule has 22 aromatic carbocycles. The fourth-order valence-corrected chi connectivity index (χ4v) is 22.4. The topological polar surface area (TPSA) is 16.2 Å². The third-order valence-corrected chi connectivity index (χ3v) is 28.6. The molecule has 0 amide bonds. The van der Waals surface area contributed by atoms with Gasteiger partial charge in [0, 0.05) is 136 Å². The fraction of sp³-hybridized carbons (Fsp3) is 0.0880. The summed E-state index contributed by atoms with van der Waals surface area (Å²) in [5, 5.41) is 23.5. The van der Waals surface area contributed by atoms with Crippen LogP contribution in [0.1, 0.15) is 49.9 Å². The summed E-state index contributed by atoms with van der Waals surface area (Å²) < 4.78 is 0. The van der Waals surface area contributed by atoms with E-state index in [1.807, 2.05) is 0 Å². The van der Waals surface area contributed by atoms with Crippen LogP contribution in [0.25, 0.3) is 164 Å². The molecule has 5 heteroatoms. The molecular formula is C125H97N5. The Morgan fingerprint density at radius 1 is 0.154 bits per heavy atom. The molecule has 130 heavy (non-hydrogen) atoms. The predicted octanol–water partition coefficient (Wildman–Crippen LogP) is 33.9. The van der Waals surface area contributed by atoms with Crippen molar-refractivity contribution in [3.63, 3.8) is 0 Å². The first-order valence-electron chi connectivity index (χ1n) is 45.4. The monoisotopic (exact) mass is 1670 g/mol. The number of para-hydroxylation sites is 3. The van der Waals surface area contributed by atoms with Crippen LogP contribution in [0.5, 0.6) is 0 Å². The van der Waals surface area contributed by atoms with Crippen molar-refractivity contribution in [1.29, 1.82) is 0 Å². The van der Waals surface area contributed by atoms with Crippen LogP contribution in [0.15, 0.2) is 425 Å². The summed E-state index contributed by atoms with van der Waals surface area (Å²) in [7, 11) is 10.9. The summed E-state index contributed by atoms with van der Waals surface area (Å²) in [4.78, 5) is 11.8. The number of nitrogens with zero attached hydrogens (tertiary/aromatic N) is 5. The van der Waals surface area contributed by atoms with Crippen LogP contribution in [0.2, 0.25) is 0 Å². The normalized spacial score (nSPS) is 13.5. The SMILES string of the molecule is CN1c2cc3ccccc3cc2-c2ccccc2-c2ccc3ccccc3c21.CN1c2ccc3ccccc3c2-c2ccccc2-c2c1ccc1ccccc21.CN1c2ccccc2-c2ccccc2-c2c1ccc1ccccc21.CN1c2ccccc2C(C)(C)c2c1c1ccccc1c1ccccc21.CN1c2ccccc2C(C)(C)c2c1ccc1cc3ccccc3cc21. The number of hydrogen-bond donors (Lipinski definition) is 0. The lowest BCUT2D eigenvalue weighted by Gasteiger charge is -2.42. The predicted molar refractivity (Wildman–Crippen MR) is 560 cm³/mol. The highest BCUT2D eigenvalue weighted by Gasteiger charge is 2.40. The third kappa shape index (κ3) is 12.6. The molecule has 0 aromatic heterocycles. The summed E-state index contributed by atoms with van der Waals surface area (Å²) in [6.07, 6.45) is 0. The van der Waals surface area contributed by atoms with Gasteiger partial charge in [0.05, 0.1) is 11.4 Å². The average Bonchev–Trinajstić information content (AvgIpc) is 0.991. The second-order valence-corrected chi connectivity index (χ2v) is 36.4. The molecule has 0 radical (unpaired) electrons. The molecule has 0 saturated carbocycles. The van der Waals surface area contributed by atoms with Crippen molar-refractivity contribution in [2.45, 2.75) is 38.5 Å². The quantitative estimate of drug-likeness (QED) is 0.111. The first kappa shape index (κ1) is 78.9. The van der Waals surface area contributed by atoms with E-state index in [0.717, 1.165) is 0 Å². The lowest BCUT2D eigenvalue weighted by Crippen LogP contribution is -2.31. The van der Waals surface area contributed by atoms with E-state index in [4.69, 9.17) is 0 Å². The molecular weight excluding hydrogens is 1570 g/mol. The van der Waals surface area contributed by atoms with E-state index in [1.165, 1.54) is 243 Å². The van der Waals surface area contributed by atoms with Crippen molar-refractivity contribution in [3.05, 3.63) is 447 Å². The van der Waals surface area contributed by atoms with Gasteiger partial charge in [-0.05, 0) is 209 Å². The van der Waals surface area contributed by atoms with Crippen molar-refractivity contribution in [2.24, 2.45) is 0 Å². The minimum atomic E-state index is -0.0396. The molecule has 5 aliphatic heterocycles. The highest BCUT2D eigenvalue weighted by molar-refractivity contribution is 6.20. The van der Waals surface area contributed by atoms with Gasteiger partial charge in [-0.1, -0.05) is 386 Å². The van der Waals surface area contributed by atoms with Gasteiger partial charge in [-0.3, -0.25) is 0 Å². The van der Waals surface area contributed by atoms with Gasteiger partial charge < -0.3 is 24.5 Å². The van der Waals surface area contributed by atoms with Crippen LogP contribution < -0.4 is 24.5 Å². The maximum Gasteiger partial charge on any atom is 0.0567 e. The highest BCUT2D eigenvalue weighted by Crippen LogP contribution is 2.58. The van der Waals surface area contributed by atoms with Crippen LogP contribution in [-0.2, 0) is 10.8 Å². The van der Waals surface area contributed by atoms with Gasteiger partial charge >= 0.3 is 0 Å². The second-order valence-electron chi connectivity index (χ2n) is 36.4. The maximum atomic E-state index is 2.38. The Morgan fingerprint density at radius 2 is 0.469 bits per heavy atom. The molecule has 5 nitrogen and oxygen atoms in total. The molecule has 27 rings (SSSR count). The summed E-state index contributed by atoms with van der Waals surface area (Å²) >= 11 is 0. The number of rotatable bonds is 0. The number of benzene rings is 22. The largest absolute Gasteiger partial charge is 0.344 e. The Labute approximate surface area is 760 Å². The van der Waals surface area contributed by atoms with Gasteiger partial charge in [0.15, 0.2) is 0 Å². The smallest absolute Gasteiger partial charge is 0.0567 e. The maximum absolute atomic E-state index is 2.38. The van der Waals surface area contributed by atoms with Gasteiger partial charge in [-0.25, -0.2) is 0 Å². The molecule has 0 aliphatic carbocycles. The van der Waals surface area contributed by atoms with E-state index in [0.29, 0.717) is 0 Å². The zero-order chi connectivity index (χ0) is 87.8. The van der Waals surface area contributed by atoms with Crippen molar-refractivity contribution in [3.8, 4) is 66.8 Å². The first-order valence-corrected chi connectivity index (χ1v) is 45.4. The molecule has 5 heterocycles. The van der Waals surface area contributed by atoms with Gasteiger partial charge in [-0.15, -0.1) is 0 Å². The Bertz CT molecular complexity index is 8250. The highest BCUT2D eigenvalue weighted by atomic mass is 15.1. The number of fused-ring (bicyclic) bond motifs is 36. The van der Waals surface area contributed by atoms with Crippen LogP contribution in [-0.4, -0.2) is 35.2 Å². The lowest BCUT2D eigenvalue weighted by molar-refractivity contribution is 0.636.